The van der Waals surface area contributed by atoms with Crippen molar-refractivity contribution in [2.75, 3.05) is 32.8 Å². The summed E-state index contributed by atoms with van der Waals surface area (Å²) in [5.41, 5.74) is 3.49. The summed E-state index contributed by atoms with van der Waals surface area (Å²) in [6.07, 6.45) is -0.724. The van der Waals surface area contributed by atoms with Gasteiger partial charge in [0.05, 0.1) is 12.0 Å². The van der Waals surface area contributed by atoms with Gasteiger partial charge in [-0.15, -0.1) is 0 Å². The van der Waals surface area contributed by atoms with Crippen molar-refractivity contribution in [3.63, 3.8) is 0 Å². The average molecular weight is 451 g/mol. The van der Waals surface area contributed by atoms with E-state index >= 15 is 0 Å². The lowest BCUT2D eigenvalue weighted by Gasteiger charge is -2.44. The van der Waals surface area contributed by atoms with E-state index in [4.69, 9.17) is 9.84 Å². The number of carbonyl (C=O) groups is 4. The van der Waals surface area contributed by atoms with E-state index in [9.17, 15) is 19.2 Å². The minimum absolute atomic E-state index is 0.0809. The van der Waals surface area contributed by atoms with Gasteiger partial charge in [-0.1, -0.05) is 48.5 Å². The Labute approximate surface area is 190 Å². The fourth-order valence-corrected chi connectivity index (χ4v) is 4.26. The third-order valence-electron chi connectivity index (χ3n) is 6.12. The number of fused-ring (bicyclic) bond motifs is 3. The number of benzene rings is 2. The summed E-state index contributed by atoms with van der Waals surface area (Å²) in [6.45, 7) is 1.31. The minimum Gasteiger partial charge on any atom is -0.481 e. The zero-order chi connectivity index (χ0) is 23.6. The van der Waals surface area contributed by atoms with Gasteiger partial charge in [-0.3, -0.25) is 14.4 Å². The molecule has 2 aromatic carbocycles. The first-order chi connectivity index (χ1) is 15.8. The lowest BCUT2D eigenvalue weighted by molar-refractivity contribution is -0.163. The number of hydrogen-bond acceptors (Lipinski definition) is 5. The fourth-order valence-electron chi connectivity index (χ4n) is 4.26. The molecule has 0 atom stereocenters. The summed E-state index contributed by atoms with van der Waals surface area (Å²) in [6, 6.07) is 16.0. The summed E-state index contributed by atoms with van der Waals surface area (Å²) >= 11 is 0. The normalized spacial score (nSPS) is 15.6. The van der Waals surface area contributed by atoms with Crippen LogP contribution in [-0.2, 0) is 19.1 Å². The highest BCUT2D eigenvalue weighted by Gasteiger charge is 2.47. The van der Waals surface area contributed by atoms with E-state index < -0.39 is 23.4 Å². The van der Waals surface area contributed by atoms with Gasteiger partial charge >= 0.3 is 12.1 Å². The van der Waals surface area contributed by atoms with Crippen molar-refractivity contribution >= 4 is 23.9 Å². The Bertz CT molecular complexity index is 1060. The van der Waals surface area contributed by atoms with Crippen LogP contribution >= 0.6 is 0 Å². The van der Waals surface area contributed by atoms with Crippen molar-refractivity contribution in [3.8, 4) is 11.1 Å². The molecule has 1 heterocycles. The number of alkyl carbamates (subject to hydrolysis) is 1. The lowest BCUT2D eigenvalue weighted by atomic mass is 9.82. The molecule has 1 saturated heterocycles. The number of amides is 3. The summed E-state index contributed by atoms with van der Waals surface area (Å²) in [7, 11) is 0. The monoisotopic (exact) mass is 451 g/mol. The van der Waals surface area contributed by atoms with Gasteiger partial charge in [-0.05, 0) is 29.2 Å². The Morgan fingerprint density at radius 2 is 1.55 bits per heavy atom. The zero-order valence-electron chi connectivity index (χ0n) is 18.2. The Hall–Kier alpha value is -3.88. The first-order valence-electron chi connectivity index (χ1n) is 10.7. The third kappa shape index (κ3) is 4.52. The van der Waals surface area contributed by atoms with Gasteiger partial charge in [0.25, 0.3) is 0 Å². The molecule has 33 heavy (non-hydrogen) atoms. The summed E-state index contributed by atoms with van der Waals surface area (Å²) in [5, 5.41) is 13.9. The number of rotatable bonds is 7. The largest absolute Gasteiger partial charge is 0.481 e. The van der Waals surface area contributed by atoms with Crippen LogP contribution < -0.4 is 10.6 Å². The van der Waals surface area contributed by atoms with Crippen molar-refractivity contribution in [2.24, 2.45) is 5.41 Å². The number of carbonyl (C=O) groups excluding carboxylic acids is 3. The Morgan fingerprint density at radius 3 is 2.12 bits per heavy atom. The van der Waals surface area contributed by atoms with Gasteiger partial charge in [-0.2, -0.15) is 0 Å². The number of nitrogens with zero attached hydrogens (tertiary/aromatic N) is 1. The molecular weight excluding hydrogens is 426 g/mol. The second-order valence-corrected chi connectivity index (χ2v) is 8.57. The topological polar surface area (TPSA) is 125 Å². The standard InChI is InChI=1S/C24H25N3O6/c1-24(22(30)31)13-27(14-24)21(29)11-25-20(28)10-26-23(32)33-12-19-17-8-4-2-6-15(17)16-7-3-5-9-18(16)19/h2-9,19H,10-14H2,1H3,(H,25,28)(H,26,32)(H,30,31). The predicted octanol–water partition coefficient (Wildman–Crippen LogP) is 1.57. The van der Waals surface area contributed by atoms with E-state index in [1.807, 2.05) is 48.5 Å². The molecule has 2 aliphatic rings. The predicted molar refractivity (Wildman–Crippen MR) is 118 cm³/mol. The summed E-state index contributed by atoms with van der Waals surface area (Å²) in [4.78, 5) is 48.6. The number of ether oxygens (including phenoxy) is 1. The average Bonchev–Trinajstić information content (AvgIpc) is 3.11. The van der Waals surface area contributed by atoms with Crippen LogP contribution in [0.15, 0.2) is 48.5 Å². The van der Waals surface area contributed by atoms with Gasteiger partial charge in [0.1, 0.15) is 13.2 Å². The van der Waals surface area contributed by atoms with E-state index in [2.05, 4.69) is 10.6 Å². The van der Waals surface area contributed by atoms with Crippen molar-refractivity contribution in [1.29, 1.82) is 0 Å². The molecule has 3 N–H and O–H groups in total. The molecule has 2 aromatic rings. The molecular formula is C24H25N3O6. The van der Waals surface area contributed by atoms with E-state index in [1.54, 1.807) is 6.92 Å². The lowest BCUT2D eigenvalue weighted by Crippen LogP contribution is -2.62. The van der Waals surface area contributed by atoms with Crippen LogP contribution in [0.25, 0.3) is 11.1 Å². The Morgan fingerprint density at radius 1 is 0.970 bits per heavy atom. The molecule has 1 aliphatic carbocycles. The van der Waals surface area contributed by atoms with E-state index in [0.29, 0.717) is 0 Å². The van der Waals surface area contributed by atoms with Gasteiger partial charge in [-0.25, -0.2) is 4.79 Å². The smallest absolute Gasteiger partial charge is 0.407 e. The molecule has 1 fully saturated rings. The summed E-state index contributed by atoms with van der Waals surface area (Å²) < 4.78 is 5.36. The van der Waals surface area contributed by atoms with Crippen LogP contribution in [0, 0.1) is 5.41 Å². The van der Waals surface area contributed by atoms with Crippen LogP contribution in [0.2, 0.25) is 0 Å². The maximum atomic E-state index is 12.1. The Kier molecular flexibility index (Phi) is 6.04. The molecule has 3 amide bonds. The van der Waals surface area contributed by atoms with Crippen molar-refractivity contribution in [1.82, 2.24) is 15.5 Å². The van der Waals surface area contributed by atoms with Crippen molar-refractivity contribution in [2.45, 2.75) is 12.8 Å². The van der Waals surface area contributed by atoms with Gasteiger partial charge in [0.2, 0.25) is 11.8 Å². The number of aliphatic carboxylic acids is 1. The molecule has 0 aromatic heterocycles. The molecule has 4 rings (SSSR count). The molecule has 1 aliphatic heterocycles. The molecule has 0 radical (unpaired) electrons. The van der Waals surface area contributed by atoms with E-state index in [0.717, 1.165) is 22.3 Å². The first kappa shape index (κ1) is 22.3. The van der Waals surface area contributed by atoms with Crippen molar-refractivity contribution in [3.05, 3.63) is 59.7 Å². The maximum Gasteiger partial charge on any atom is 0.407 e. The SMILES string of the molecule is CC1(C(=O)O)CN(C(=O)CNC(=O)CNC(=O)OCC2c3ccccc3-c3ccccc32)C1. The van der Waals surface area contributed by atoms with Crippen LogP contribution in [0.3, 0.4) is 0 Å². The molecule has 0 spiro atoms. The molecule has 0 unspecified atom stereocenters. The van der Waals surface area contributed by atoms with Gasteiger partial charge < -0.3 is 25.4 Å². The quantitative estimate of drug-likeness (QED) is 0.587. The highest BCUT2D eigenvalue weighted by molar-refractivity contribution is 5.89. The van der Waals surface area contributed by atoms with E-state index in [-0.39, 0.29) is 44.6 Å². The van der Waals surface area contributed by atoms with Gasteiger partial charge in [0, 0.05) is 19.0 Å². The number of carboxylic acid groups (broad SMARTS) is 1. The number of hydrogen-bond donors (Lipinski definition) is 3. The number of nitrogens with one attached hydrogen (secondary N) is 2. The zero-order valence-corrected chi connectivity index (χ0v) is 18.2. The van der Waals surface area contributed by atoms with Crippen LogP contribution in [-0.4, -0.2) is 66.7 Å². The van der Waals surface area contributed by atoms with Gasteiger partial charge in [0.15, 0.2) is 0 Å². The first-order valence-corrected chi connectivity index (χ1v) is 10.7. The highest BCUT2D eigenvalue weighted by atomic mass is 16.5. The third-order valence-corrected chi connectivity index (χ3v) is 6.12. The van der Waals surface area contributed by atoms with E-state index in [1.165, 1.54) is 4.90 Å². The van der Waals surface area contributed by atoms with Crippen LogP contribution in [0.4, 0.5) is 4.79 Å². The maximum absolute atomic E-state index is 12.1. The Balaban J connectivity index is 1.20. The second-order valence-electron chi connectivity index (χ2n) is 8.57. The fraction of sp³-hybridized carbons (Fsp3) is 0.333. The second kappa shape index (κ2) is 8.93. The highest BCUT2D eigenvalue weighted by Crippen LogP contribution is 2.44. The number of likely N-dealkylation sites (tertiary alicyclic amines) is 1. The van der Waals surface area contributed by atoms with Crippen molar-refractivity contribution < 1.29 is 29.0 Å². The molecule has 0 saturated carbocycles. The summed E-state index contributed by atoms with van der Waals surface area (Å²) in [5.74, 6) is -1.95. The van der Waals surface area contributed by atoms with Crippen LogP contribution in [0.5, 0.6) is 0 Å². The number of carboxylic acids is 1. The molecule has 172 valence electrons. The minimum atomic E-state index is -0.956. The molecule has 0 bridgehead atoms. The molecule has 9 nitrogen and oxygen atoms in total. The van der Waals surface area contributed by atoms with Crippen LogP contribution in [0.1, 0.15) is 24.0 Å². The molecule has 9 heteroatoms.